The van der Waals surface area contributed by atoms with Crippen LogP contribution in [0.4, 0.5) is 11.5 Å². The van der Waals surface area contributed by atoms with Crippen LogP contribution in [0.5, 0.6) is 5.75 Å². The van der Waals surface area contributed by atoms with Gasteiger partial charge in [0.25, 0.3) is 0 Å². The number of ether oxygens (including phenoxy) is 1. The highest BCUT2D eigenvalue weighted by atomic mass is 35.5. The molecule has 1 fully saturated rings. The number of nitrogens with one attached hydrogen (secondary N) is 1. The van der Waals surface area contributed by atoms with Crippen molar-refractivity contribution in [3.63, 3.8) is 0 Å². The van der Waals surface area contributed by atoms with Gasteiger partial charge in [-0.2, -0.15) is 0 Å². The molecule has 2 aliphatic heterocycles. The van der Waals surface area contributed by atoms with E-state index in [1.165, 1.54) is 0 Å². The zero-order valence-electron chi connectivity index (χ0n) is 8.46. The number of fused-ring (bicyclic) bond motifs is 4. The Morgan fingerprint density at radius 3 is 3.33 bits per heavy atom. The van der Waals surface area contributed by atoms with Gasteiger partial charge in [0.05, 0.1) is 7.11 Å². The molecule has 5 heteroatoms. The van der Waals surface area contributed by atoms with E-state index in [0.717, 1.165) is 36.8 Å². The first kappa shape index (κ1) is 9.09. The Bertz CT molecular complexity index is 410. The van der Waals surface area contributed by atoms with Crippen molar-refractivity contribution in [3.8, 4) is 5.75 Å². The third-order valence-corrected chi connectivity index (χ3v) is 3.19. The lowest BCUT2D eigenvalue weighted by Crippen LogP contribution is -2.32. The average molecular weight is 226 g/mol. The fraction of sp³-hybridized carbons (Fsp3) is 0.500. The molecule has 15 heavy (non-hydrogen) atoms. The first-order valence-corrected chi connectivity index (χ1v) is 5.42. The number of nitrogens with zero attached hydrogens (tertiary/aromatic N) is 2. The molecule has 1 saturated heterocycles. The normalized spacial score (nSPS) is 22.3. The van der Waals surface area contributed by atoms with E-state index < -0.39 is 0 Å². The lowest BCUT2D eigenvalue weighted by atomic mass is 10.2. The summed E-state index contributed by atoms with van der Waals surface area (Å²) in [6, 6.07) is 2.27. The number of aromatic nitrogens is 1. The third kappa shape index (κ3) is 1.32. The van der Waals surface area contributed by atoms with E-state index in [0.29, 0.717) is 11.2 Å². The molecule has 0 saturated carbocycles. The van der Waals surface area contributed by atoms with Crippen LogP contribution in [-0.2, 0) is 0 Å². The van der Waals surface area contributed by atoms with Crippen molar-refractivity contribution < 1.29 is 4.74 Å². The van der Waals surface area contributed by atoms with Crippen molar-refractivity contribution in [2.75, 3.05) is 30.4 Å². The third-order valence-electron chi connectivity index (χ3n) is 2.99. The van der Waals surface area contributed by atoms with Gasteiger partial charge in [-0.1, -0.05) is 11.6 Å². The van der Waals surface area contributed by atoms with Crippen molar-refractivity contribution in [3.05, 3.63) is 11.2 Å². The molecular weight excluding hydrogens is 214 g/mol. The van der Waals surface area contributed by atoms with Gasteiger partial charge < -0.3 is 15.0 Å². The maximum absolute atomic E-state index is 5.93. The lowest BCUT2D eigenvalue weighted by Gasteiger charge is -2.29. The maximum Gasteiger partial charge on any atom is 0.155 e. The molecule has 0 unspecified atom stereocenters. The summed E-state index contributed by atoms with van der Waals surface area (Å²) < 4.78 is 5.34. The second kappa shape index (κ2) is 3.17. The number of anilines is 2. The number of methoxy groups -OCH3 is 1. The molecule has 1 atom stereocenters. The fourth-order valence-electron chi connectivity index (χ4n) is 2.32. The summed E-state index contributed by atoms with van der Waals surface area (Å²) in [7, 11) is 1.66. The van der Waals surface area contributed by atoms with Crippen LogP contribution in [0.15, 0.2) is 6.07 Å². The Kier molecular flexibility index (Phi) is 1.92. The monoisotopic (exact) mass is 225 g/mol. The van der Waals surface area contributed by atoms with Crippen molar-refractivity contribution in [1.29, 1.82) is 0 Å². The minimum atomic E-state index is 0.473. The number of rotatable bonds is 1. The van der Waals surface area contributed by atoms with Crippen molar-refractivity contribution in [2.24, 2.45) is 0 Å². The molecule has 0 amide bonds. The zero-order valence-corrected chi connectivity index (χ0v) is 9.21. The van der Waals surface area contributed by atoms with E-state index >= 15 is 0 Å². The molecule has 1 aromatic rings. The minimum Gasteiger partial charge on any atom is -0.494 e. The number of hydrogen-bond donors (Lipinski definition) is 1. The summed E-state index contributed by atoms with van der Waals surface area (Å²) in [5, 5.41) is 3.86. The summed E-state index contributed by atoms with van der Waals surface area (Å²) >= 11 is 5.93. The molecule has 0 spiro atoms. The summed E-state index contributed by atoms with van der Waals surface area (Å²) in [5.41, 5.74) is 1.05. The van der Waals surface area contributed by atoms with Crippen molar-refractivity contribution in [2.45, 2.75) is 12.5 Å². The van der Waals surface area contributed by atoms with E-state index in [4.69, 9.17) is 16.3 Å². The van der Waals surface area contributed by atoms with Crippen molar-refractivity contribution >= 4 is 23.1 Å². The number of pyridine rings is 1. The molecule has 3 heterocycles. The lowest BCUT2D eigenvalue weighted by molar-refractivity contribution is 0.414. The van der Waals surface area contributed by atoms with Gasteiger partial charge in [0.1, 0.15) is 16.6 Å². The second-order valence-electron chi connectivity index (χ2n) is 3.92. The van der Waals surface area contributed by atoms with Gasteiger partial charge in [0, 0.05) is 25.2 Å². The molecular formula is C10H12ClN3O. The minimum absolute atomic E-state index is 0.473. The Morgan fingerprint density at radius 1 is 1.67 bits per heavy atom. The Morgan fingerprint density at radius 2 is 2.53 bits per heavy atom. The second-order valence-corrected chi connectivity index (χ2v) is 4.31. The largest absolute Gasteiger partial charge is 0.494 e. The predicted molar refractivity (Wildman–Crippen MR) is 60.0 cm³/mol. The van der Waals surface area contributed by atoms with Crippen LogP contribution in [-0.4, -0.2) is 31.2 Å². The molecule has 3 rings (SSSR count). The topological polar surface area (TPSA) is 37.4 Å². The van der Waals surface area contributed by atoms with E-state index in [1.54, 1.807) is 13.2 Å². The average Bonchev–Trinajstić information content (AvgIpc) is 2.59. The molecule has 1 N–H and O–H groups in total. The summed E-state index contributed by atoms with van der Waals surface area (Å²) in [6.07, 6.45) is 1.15. The van der Waals surface area contributed by atoms with Crippen LogP contribution in [0.25, 0.3) is 0 Å². The molecule has 1 aromatic heterocycles. The fourth-order valence-corrected chi connectivity index (χ4v) is 2.51. The molecule has 2 bridgehead atoms. The predicted octanol–water partition coefficient (Wildman–Crippen LogP) is 1.75. The molecule has 0 radical (unpaired) electrons. The van der Waals surface area contributed by atoms with Gasteiger partial charge >= 0.3 is 0 Å². The van der Waals surface area contributed by atoms with Crippen LogP contribution in [0.2, 0.25) is 5.15 Å². The molecule has 2 aliphatic rings. The molecule has 4 nitrogen and oxygen atoms in total. The Hall–Kier alpha value is -1.16. The van der Waals surface area contributed by atoms with Gasteiger partial charge in [-0.3, -0.25) is 0 Å². The zero-order chi connectivity index (χ0) is 10.4. The smallest absolute Gasteiger partial charge is 0.155 e. The first-order valence-electron chi connectivity index (χ1n) is 5.04. The van der Waals surface area contributed by atoms with E-state index in [1.807, 2.05) is 0 Å². The highest BCUT2D eigenvalue weighted by molar-refractivity contribution is 6.29. The van der Waals surface area contributed by atoms with Crippen LogP contribution < -0.4 is 15.0 Å². The SMILES string of the molecule is COc1cc(Cl)nc2c1N1CC[C@@H](C1)N2. The summed E-state index contributed by atoms with van der Waals surface area (Å²) in [4.78, 5) is 6.60. The highest BCUT2D eigenvalue weighted by Crippen LogP contribution is 2.42. The van der Waals surface area contributed by atoms with E-state index in [2.05, 4.69) is 15.2 Å². The van der Waals surface area contributed by atoms with E-state index in [-0.39, 0.29) is 0 Å². The standard InChI is InChI=1S/C10H12ClN3O/c1-15-7-4-8(11)13-10-9(7)14-3-2-6(5-14)12-10/h4,6H,2-3,5H2,1H3,(H,12,13)/t6-/m0/s1. The van der Waals surface area contributed by atoms with Gasteiger partial charge in [-0.05, 0) is 6.42 Å². The van der Waals surface area contributed by atoms with Gasteiger partial charge in [-0.25, -0.2) is 4.98 Å². The molecule has 0 aromatic carbocycles. The van der Waals surface area contributed by atoms with Crippen LogP contribution in [0, 0.1) is 0 Å². The van der Waals surface area contributed by atoms with Crippen LogP contribution in [0.1, 0.15) is 6.42 Å². The van der Waals surface area contributed by atoms with Crippen LogP contribution >= 0.6 is 11.6 Å². The van der Waals surface area contributed by atoms with Gasteiger partial charge in [0.15, 0.2) is 5.82 Å². The van der Waals surface area contributed by atoms with Gasteiger partial charge in [-0.15, -0.1) is 0 Å². The highest BCUT2D eigenvalue weighted by Gasteiger charge is 2.33. The van der Waals surface area contributed by atoms with Crippen molar-refractivity contribution in [1.82, 2.24) is 4.98 Å². The molecule has 80 valence electrons. The van der Waals surface area contributed by atoms with E-state index in [9.17, 15) is 0 Å². The first-order chi connectivity index (χ1) is 7.28. The Labute approximate surface area is 93.2 Å². The van der Waals surface area contributed by atoms with Crippen LogP contribution in [0.3, 0.4) is 0 Å². The summed E-state index contributed by atoms with van der Waals surface area (Å²) in [6.45, 7) is 2.09. The van der Waals surface area contributed by atoms with Gasteiger partial charge in [0.2, 0.25) is 0 Å². The number of halogens is 1. The Balaban J connectivity index is 2.16. The quantitative estimate of drug-likeness (QED) is 0.739. The summed E-state index contributed by atoms with van der Waals surface area (Å²) in [5.74, 6) is 1.66. The maximum atomic E-state index is 5.93. The molecule has 0 aliphatic carbocycles. The number of hydrogen-bond acceptors (Lipinski definition) is 4.